The normalized spacial score (nSPS) is 23.9. The highest BCUT2D eigenvalue weighted by atomic mass is 16.6. The van der Waals surface area contributed by atoms with Crippen LogP contribution in [0.25, 0.3) is 0 Å². The molecule has 1 heterocycles. The summed E-state index contributed by atoms with van der Waals surface area (Å²) in [7, 11) is 0. The minimum atomic E-state index is -0.969. The Hall–Kier alpha value is -1.30. The lowest BCUT2D eigenvalue weighted by Crippen LogP contribution is -2.56. The van der Waals surface area contributed by atoms with Gasteiger partial charge in [-0.1, -0.05) is 0 Å². The molecule has 6 heteroatoms. The molecule has 1 fully saturated rings. The molecule has 1 rings (SSSR count). The number of aliphatic hydroxyl groups excluding tert-OH is 1. The van der Waals surface area contributed by atoms with E-state index in [0.717, 1.165) is 0 Å². The van der Waals surface area contributed by atoms with E-state index in [-0.39, 0.29) is 6.61 Å². The van der Waals surface area contributed by atoms with Gasteiger partial charge in [0.25, 0.3) is 0 Å². The molecule has 1 aliphatic heterocycles. The quantitative estimate of drug-likeness (QED) is 0.768. The van der Waals surface area contributed by atoms with Crippen molar-refractivity contribution in [2.75, 3.05) is 13.2 Å². The monoisotopic (exact) mass is 273 g/mol. The fourth-order valence-corrected chi connectivity index (χ4v) is 2.01. The number of rotatable bonds is 2. The molecule has 0 spiro atoms. The summed E-state index contributed by atoms with van der Waals surface area (Å²) >= 11 is 0. The van der Waals surface area contributed by atoms with Crippen molar-refractivity contribution < 1.29 is 24.2 Å². The molecule has 19 heavy (non-hydrogen) atoms. The van der Waals surface area contributed by atoms with Gasteiger partial charge < -0.3 is 14.6 Å². The van der Waals surface area contributed by atoms with Crippen LogP contribution in [0.15, 0.2) is 0 Å². The van der Waals surface area contributed by atoms with Crippen LogP contribution in [0.3, 0.4) is 0 Å². The average Bonchev–Trinajstić information content (AvgIpc) is 2.26. The highest BCUT2D eigenvalue weighted by Crippen LogP contribution is 2.22. The summed E-state index contributed by atoms with van der Waals surface area (Å²) in [5.74, 6) is -0.583. The molecule has 1 amide bonds. The molecule has 0 aromatic carbocycles. The molecule has 1 aliphatic rings. The van der Waals surface area contributed by atoms with Crippen molar-refractivity contribution in [1.29, 1.82) is 0 Å². The summed E-state index contributed by atoms with van der Waals surface area (Å²) in [5, 5.41) is 9.93. The first-order chi connectivity index (χ1) is 8.76. The Balaban J connectivity index is 2.82. The van der Waals surface area contributed by atoms with Crippen molar-refractivity contribution in [2.45, 2.75) is 58.3 Å². The number of esters is 1. The Bertz CT molecular complexity index is 336. The lowest BCUT2D eigenvalue weighted by atomic mass is 9.99. The summed E-state index contributed by atoms with van der Waals surface area (Å²) in [6.45, 7) is 7.55. The van der Waals surface area contributed by atoms with E-state index in [1.165, 1.54) is 4.90 Å². The lowest BCUT2D eigenvalue weighted by molar-refractivity contribution is -0.156. The van der Waals surface area contributed by atoms with Crippen LogP contribution in [0.5, 0.6) is 0 Å². The molecule has 1 saturated heterocycles. The van der Waals surface area contributed by atoms with Gasteiger partial charge in [-0.25, -0.2) is 9.59 Å². The van der Waals surface area contributed by atoms with Gasteiger partial charge in [-0.2, -0.15) is 0 Å². The number of likely N-dealkylation sites (tertiary alicyclic amines) is 1. The van der Waals surface area contributed by atoms with E-state index in [2.05, 4.69) is 0 Å². The summed E-state index contributed by atoms with van der Waals surface area (Å²) in [6.07, 6.45) is -0.386. The first-order valence-corrected chi connectivity index (χ1v) is 6.60. The van der Waals surface area contributed by atoms with Crippen molar-refractivity contribution in [3.63, 3.8) is 0 Å². The van der Waals surface area contributed by atoms with Gasteiger partial charge in [-0.3, -0.25) is 4.90 Å². The maximum absolute atomic E-state index is 12.1. The Morgan fingerprint density at radius 1 is 1.37 bits per heavy atom. The molecule has 0 saturated carbocycles. The van der Waals surface area contributed by atoms with Gasteiger partial charge in [-0.15, -0.1) is 0 Å². The van der Waals surface area contributed by atoms with E-state index in [9.17, 15) is 14.7 Å². The van der Waals surface area contributed by atoms with Crippen LogP contribution in [0, 0.1) is 0 Å². The number of ether oxygens (including phenoxy) is 2. The van der Waals surface area contributed by atoms with Crippen LogP contribution in [0.4, 0.5) is 4.79 Å². The number of hydrogen-bond acceptors (Lipinski definition) is 5. The van der Waals surface area contributed by atoms with Gasteiger partial charge in [0.05, 0.1) is 12.7 Å². The summed E-state index contributed by atoms with van der Waals surface area (Å²) < 4.78 is 10.2. The average molecular weight is 273 g/mol. The molecular weight excluding hydrogens is 250 g/mol. The minimum Gasteiger partial charge on any atom is -0.464 e. The first kappa shape index (κ1) is 15.8. The predicted molar refractivity (Wildman–Crippen MR) is 68.6 cm³/mol. The summed E-state index contributed by atoms with van der Waals surface area (Å²) in [5.41, 5.74) is -0.640. The van der Waals surface area contributed by atoms with Gasteiger partial charge >= 0.3 is 12.1 Å². The van der Waals surface area contributed by atoms with Crippen LogP contribution < -0.4 is 0 Å². The second-order valence-electron chi connectivity index (χ2n) is 5.58. The fourth-order valence-electron chi connectivity index (χ4n) is 2.01. The Morgan fingerprint density at radius 2 is 2.00 bits per heavy atom. The molecule has 0 aromatic rings. The second kappa shape index (κ2) is 6.23. The number of nitrogens with zero attached hydrogens (tertiary/aromatic N) is 1. The minimum absolute atomic E-state index is 0.213. The zero-order chi connectivity index (χ0) is 14.6. The third-order valence-corrected chi connectivity index (χ3v) is 2.76. The van der Waals surface area contributed by atoms with Crippen LogP contribution in [-0.4, -0.2) is 53.0 Å². The number of amides is 1. The third kappa shape index (κ3) is 4.38. The standard InChI is InChI=1S/C13H23NO5/c1-5-18-11(16)10-9(15)7-6-8-14(10)12(17)19-13(2,3)4/h9-10,15H,5-8H2,1-4H3/t9-,10+/m0/s1. The molecule has 2 atom stereocenters. The Labute approximate surface area is 113 Å². The zero-order valence-electron chi connectivity index (χ0n) is 12.0. The molecule has 6 nitrogen and oxygen atoms in total. The smallest absolute Gasteiger partial charge is 0.411 e. The Morgan fingerprint density at radius 3 is 2.53 bits per heavy atom. The van der Waals surface area contributed by atoms with E-state index in [1.807, 2.05) is 0 Å². The predicted octanol–water partition coefficient (Wildman–Crippen LogP) is 1.31. The van der Waals surface area contributed by atoms with E-state index >= 15 is 0 Å². The fraction of sp³-hybridized carbons (Fsp3) is 0.846. The van der Waals surface area contributed by atoms with E-state index in [1.54, 1.807) is 27.7 Å². The van der Waals surface area contributed by atoms with E-state index in [0.29, 0.717) is 19.4 Å². The number of carbonyl (C=O) groups excluding carboxylic acids is 2. The Kier molecular flexibility index (Phi) is 5.17. The van der Waals surface area contributed by atoms with Gasteiger partial charge in [0.1, 0.15) is 5.60 Å². The van der Waals surface area contributed by atoms with E-state index in [4.69, 9.17) is 9.47 Å². The first-order valence-electron chi connectivity index (χ1n) is 6.60. The van der Waals surface area contributed by atoms with Crippen LogP contribution in [0.1, 0.15) is 40.5 Å². The highest BCUT2D eigenvalue weighted by molar-refractivity contribution is 5.82. The molecule has 0 unspecified atom stereocenters. The number of piperidine rings is 1. The summed E-state index contributed by atoms with van der Waals surface area (Å²) in [4.78, 5) is 25.2. The largest absolute Gasteiger partial charge is 0.464 e. The molecule has 1 N–H and O–H groups in total. The van der Waals surface area contributed by atoms with Crippen molar-refractivity contribution in [2.24, 2.45) is 0 Å². The van der Waals surface area contributed by atoms with Crippen molar-refractivity contribution >= 4 is 12.1 Å². The van der Waals surface area contributed by atoms with Gasteiger partial charge in [0.15, 0.2) is 6.04 Å². The third-order valence-electron chi connectivity index (χ3n) is 2.76. The van der Waals surface area contributed by atoms with Gasteiger partial charge in [0, 0.05) is 6.54 Å². The molecule has 0 radical (unpaired) electrons. The highest BCUT2D eigenvalue weighted by Gasteiger charge is 2.41. The molecule has 0 aromatic heterocycles. The number of aliphatic hydroxyl groups is 1. The molecule has 0 bridgehead atoms. The van der Waals surface area contributed by atoms with Crippen molar-refractivity contribution in [1.82, 2.24) is 4.90 Å². The molecule has 0 aliphatic carbocycles. The van der Waals surface area contributed by atoms with Crippen LogP contribution >= 0.6 is 0 Å². The number of carbonyl (C=O) groups is 2. The SMILES string of the molecule is CCOC(=O)[C@H]1[C@@H](O)CCCN1C(=O)OC(C)(C)C. The van der Waals surface area contributed by atoms with Gasteiger partial charge in [-0.05, 0) is 40.5 Å². The summed E-state index contributed by atoms with van der Waals surface area (Å²) in [6, 6.07) is -0.969. The van der Waals surface area contributed by atoms with Crippen molar-refractivity contribution in [3.8, 4) is 0 Å². The number of hydrogen-bond donors (Lipinski definition) is 1. The van der Waals surface area contributed by atoms with Crippen molar-refractivity contribution in [3.05, 3.63) is 0 Å². The van der Waals surface area contributed by atoms with Crippen LogP contribution in [-0.2, 0) is 14.3 Å². The second-order valence-corrected chi connectivity index (χ2v) is 5.58. The maximum atomic E-state index is 12.1. The topological polar surface area (TPSA) is 76.1 Å². The maximum Gasteiger partial charge on any atom is 0.411 e. The molecule has 110 valence electrons. The lowest BCUT2D eigenvalue weighted by Gasteiger charge is -2.37. The zero-order valence-corrected chi connectivity index (χ0v) is 12.0. The van der Waals surface area contributed by atoms with Gasteiger partial charge in [0.2, 0.25) is 0 Å². The van der Waals surface area contributed by atoms with Crippen LogP contribution in [0.2, 0.25) is 0 Å². The van der Waals surface area contributed by atoms with E-state index < -0.39 is 29.8 Å². The molecular formula is C13H23NO5.